The van der Waals surface area contributed by atoms with Crippen LogP contribution in [0.25, 0.3) is 0 Å². The molecule has 108 valence electrons. The number of allylic oxidation sites excluding steroid dienone is 1. The molecule has 3 N–H and O–H groups in total. The Morgan fingerprint density at radius 2 is 2.20 bits per heavy atom. The van der Waals surface area contributed by atoms with Crippen LogP contribution in [0.5, 0.6) is 0 Å². The van der Waals surface area contributed by atoms with Crippen molar-refractivity contribution in [1.29, 1.82) is 0 Å². The zero-order chi connectivity index (χ0) is 14.4. The van der Waals surface area contributed by atoms with Crippen LogP contribution in [0.2, 0.25) is 0 Å². The van der Waals surface area contributed by atoms with E-state index < -0.39 is 0 Å². The summed E-state index contributed by atoms with van der Waals surface area (Å²) in [7, 11) is 0. The summed E-state index contributed by atoms with van der Waals surface area (Å²) in [6, 6.07) is 2.90. The van der Waals surface area contributed by atoms with E-state index in [0.29, 0.717) is 12.2 Å². The van der Waals surface area contributed by atoms with Crippen LogP contribution in [0.1, 0.15) is 32.1 Å². The van der Waals surface area contributed by atoms with Crippen LogP contribution in [-0.2, 0) is 11.3 Å². The van der Waals surface area contributed by atoms with Gasteiger partial charge in [0.1, 0.15) is 6.54 Å². The van der Waals surface area contributed by atoms with Crippen LogP contribution >= 0.6 is 0 Å². The third-order valence-corrected chi connectivity index (χ3v) is 3.47. The van der Waals surface area contributed by atoms with Crippen molar-refractivity contribution in [2.24, 2.45) is 0 Å². The van der Waals surface area contributed by atoms with Crippen LogP contribution in [0.15, 0.2) is 34.8 Å². The Morgan fingerprint density at radius 3 is 2.95 bits per heavy atom. The van der Waals surface area contributed by atoms with Crippen molar-refractivity contribution in [2.75, 3.05) is 12.3 Å². The normalized spacial score (nSPS) is 14.7. The Morgan fingerprint density at radius 1 is 1.35 bits per heavy atom. The van der Waals surface area contributed by atoms with Crippen molar-refractivity contribution in [3.8, 4) is 0 Å². The molecule has 0 bridgehead atoms. The molecule has 0 spiro atoms. The molecule has 0 fully saturated rings. The van der Waals surface area contributed by atoms with E-state index in [9.17, 15) is 9.59 Å². The zero-order valence-electron chi connectivity index (χ0n) is 11.6. The number of pyridine rings is 1. The number of carbonyl (C=O) groups excluding carboxylic acids is 1. The first-order valence-electron chi connectivity index (χ1n) is 7.06. The van der Waals surface area contributed by atoms with Crippen LogP contribution in [0, 0.1) is 0 Å². The standard InChI is InChI=1S/C15H21N3O2/c16-13-6-7-15(20)18(10-13)11-14(19)17-9-8-12-4-2-1-3-5-12/h4,6-7,10H,1-3,5,8-9,11,16H2,(H,17,19). The molecule has 1 amide bonds. The molecule has 0 saturated heterocycles. The van der Waals surface area contributed by atoms with Crippen LogP contribution < -0.4 is 16.6 Å². The second-order valence-electron chi connectivity index (χ2n) is 5.14. The Hall–Kier alpha value is -2.04. The Bertz CT molecular complexity index is 560. The molecule has 1 aromatic heterocycles. The molecule has 5 nitrogen and oxygen atoms in total. The van der Waals surface area contributed by atoms with Gasteiger partial charge in [0.25, 0.3) is 5.56 Å². The van der Waals surface area contributed by atoms with Gasteiger partial charge in [0.2, 0.25) is 5.91 Å². The number of aromatic nitrogens is 1. The molecule has 20 heavy (non-hydrogen) atoms. The van der Waals surface area contributed by atoms with E-state index in [0.717, 1.165) is 19.3 Å². The second-order valence-corrected chi connectivity index (χ2v) is 5.14. The number of anilines is 1. The maximum atomic E-state index is 11.8. The number of hydrogen-bond donors (Lipinski definition) is 2. The van der Waals surface area contributed by atoms with Crippen LogP contribution in [0.4, 0.5) is 5.69 Å². The van der Waals surface area contributed by atoms with Gasteiger partial charge in [-0.2, -0.15) is 0 Å². The first-order valence-corrected chi connectivity index (χ1v) is 7.06. The third kappa shape index (κ3) is 4.26. The molecule has 0 aromatic carbocycles. The summed E-state index contributed by atoms with van der Waals surface area (Å²) in [6.07, 6.45) is 9.49. The summed E-state index contributed by atoms with van der Waals surface area (Å²) in [5, 5.41) is 2.84. The molecule has 0 saturated carbocycles. The van der Waals surface area contributed by atoms with Crippen LogP contribution in [0.3, 0.4) is 0 Å². The van der Waals surface area contributed by atoms with Gasteiger partial charge in [-0.15, -0.1) is 0 Å². The molecule has 0 atom stereocenters. The number of nitrogens with two attached hydrogens (primary N) is 1. The number of nitrogens with zero attached hydrogens (tertiary/aromatic N) is 1. The molecule has 2 rings (SSSR count). The summed E-state index contributed by atoms with van der Waals surface area (Å²) in [5.74, 6) is -0.158. The van der Waals surface area contributed by atoms with Gasteiger partial charge in [-0.1, -0.05) is 11.6 Å². The first kappa shape index (κ1) is 14.4. The molecule has 1 aliphatic rings. The summed E-state index contributed by atoms with van der Waals surface area (Å²) >= 11 is 0. The Balaban J connectivity index is 1.79. The highest BCUT2D eigenvalue weighted by Crippen LogP contribution is 2.19. The number of rotatable bonds is 5. The molecular weight excluding hydrogens is 254 g/mol. The van der Waals surface area contributed by atoms with Crippen molar-refractivity contribution >= 4 is 11.6 Å². The third-order valence-electron chi connectivity index (χ3n) is 3.47. The largest absolute Gasteiger partial charge is 0.398 e. The molecule has 1 aromatic rings. The van der Waals surface area contributed by atoms with E-state index in [1.165, 1.54) is 41.3 Å². The zero-order valence-corrected chi connectivity index (χ0v) is 11.6. The fourth-order valence-electron chi connectivity index (χ4n) is 2.38. The van der Waals surface area contributed by atoms with Crippen molar-refractivity contribution in [3.05, 3.63) is 40.3 Å². The summed E-state index contributed by atoms with van der Waals surface area (Å²) in [4.78, 5) is 23.3. The topological polar surface area (TPSA) is 77.1 Å². The maximum absolute atomic E-state index is 11.8. The van der Waals surface area contributed by atoms with E-state index in [4.69, 9.17) is 5.73 Å². The SMILES string of the molecule is Nc1ccc(=O)n(CC(=O)NCCC2=CCCCC2)c1. The molecule has 1 heterocycles. The minimum Gasteiger partial charge on any atom is -0.398 e. The Labute approximate surface area is 118 Å². The van der Waals surface area contributed by atoms with Gasteiger partial charge in [0.15, 0.2) is 0 Å². The predicted octanol–water partition coefficient (Wildman–Crippen LogP) is 1.44. The van der Waals surface area contributed by atoms with Crippen molar-refractivity contribution in [2.45, 2.75) is 38.6 Å². The van der Waals surface area contributed by atoms with Gasteiger partial charge >= 0.3 is 0 Å². The fourth-order valence-corrected chi connectivity index (χ4v) is 2.38. The first-order chi connectivity index (χ1) is 9.65. The van der Waals surface area contributed by atoms with Gasteiger partial charge < -0.3 is 15.6 Å². The minimum atomic E-state index is -0.218. The predicted molar refractivity (Wildman–Crippen MR) is 79.3 cm³/mol. The van der Waals surface area contributed by atoms with E-state index in [-0.39, 0.29) is 18.0 Å². The van der Waals surface area contributed by atoms with Gasteiger partial charge in [-0.3, -0.25) is 9.59 Å². The molecule has 0 unspecified atom stereocenters. The van der Waals surface area contributed by atoms with Gasteiger partial charge in [0.05, 0.1) is 0 Å². The second kappa shape index (κ2) is 6.93. The summed E-state index contributed by atoms with van der Waals surface area (Å²) in [6.45, 7) is 0.644. The van der Waals surface area contributed by atoms with Gasteiger partial charge in [0, 0.05) is 24.5 Å². The quantitative estimate of drug-likeness (QED) is 0.798. The van der Waals surface area contributed by atoms with E-state index in [1.54, 1.807) is 0 Å². The van der Waals surface area contributed by atoms with Crippen molar-refractivity contribution in [3.63, 3.8) is 0 Å². The summed E-state index contributed by atoms with van der Waals surface area (Å²) < 4.78 is 1.32. The molecule has 0 aliphatic heterocycles. The lowest BCUT2D eigenvalue weighted by atomic mass is 9.97. The number of hydrogen-bond acceptors (Lipinski definition) is 3. The lowest BCUT2D eigenvalue weighted by molar-refractivity contribution is -0.121. The smallest absolute Gasteiger partial charge is 0.251 e. The monoisotopic (exact) mass is 275 g/mol. The van der Waals surface area contributed by atoms with Crippen LogP contribution in [-0.4, -0.2) is 17.0 Å². The average molecular weight is 275 g/mol. The van der Waals surface area contributed by atoms with Crippen molar-refractivity contribution < 1.29 is 4.79 Å². The summed E-state index contributed by atoms with van der Waals surface area (Å²) in [5.41, 5.74) is 7.29. The number of nitrogens with one attached hydrogen (secondary N) is 1. The maximum Gasteiger partial charge on any atom is 0.251 e. The van der Waals surface area contributed by atoms with Crippen molar-refractivity contribution in [1.82, 2.24) is 9.88 Å². The van der Waals surface area contributed by atoms with Gasteiger partial charge in [-0.25, -0.2) is 0 Å². The molecule has 0 radical (unpaired) electrons. The number of carbonyl (C=O) groups is 1. The fraction of sp³-hybridized carbons (Fsp3) is 0.467. The molecular formula is C15H21N3O2. The molecule has 1 aliphatic carbocycles. The Kier molecular flexibility index (Phi) is 4.98. The highest BCUT2D eigenvalue weighted by atomic mass is 16.2. The number of nitrogen functional groups attached to an aromatic ring is 1. The highest BCUT2D eigenvalue weighted by Gasteiger charge is 2.06. The lowest BCUT2D eigenvalue weighted by Gasteiger charge is -2.13. The van der Waals surface area contributed by atoms with E-state index in [2.05, 4.69) is 11.4 Å². The highest BCUT2D eigenvalue weighted by molar-refractivity contribution is 5.75. The van der Waals surface area contributed by atoms with Gasteiger partial charge in [-0.05, 0) is 38.2 Å². The minimum absolute atomic E-state index is 0.0168. The van der Waals surface area contributed by atoms with E-state index in [1.807, 2.05) is 0 Å². The lowest BCUT2D eigenvalue weighted by Crippen LogP contribution is -2.32. The average Bonchev–Trinajstić information content (AvgIpc) is 2.44. The number of amides is 1. The van der Waals surface area contributed by atoms with E-state index >= 15 is 0 Å². The molecule has 5 heteroatoms.